The predicted molar refractivity (Wildman–Crippen MR) is 50.8 cm³/mol. The molecule has 0 aliphatic carbocycles. The minimum atomic E-state index is -0.730. The molecule has 0 spiro atoms. The summed E-state index contributed by atoms with van der Waals surface area (Å²) in [4.78, 5) is 10.2. The predicted octanol–water partition coefficient (Wildman–Crippen LogP) is 0.723. The summed E-state index contributed by atoms with van der Waals surface area (Å²) in [6, 6.07) is 0. The molecule has 0 radical (unpaired) electrons. The van der Waals surface area contributed by atoms with Gasteiger partial charge in [0.05, 0.1) is 0 Å². The molecule has 0 heterocycles. The maximum Gasteiger partial charge on any atom is 0.303 e. The molecular weight excluding hydrogens is 170 g/mol. The van der Waals surface area contributed by atoms with Gasteiger partial charge in [-0.25, -0.2) is 0 Å². The Kier molecular flexibility index (Phi) is 7.63. The molecule has 0 aromatic rings. The summed E-state index contributed by atoms with van der Waals surface area (Å²) in [5, 5.41) is 11.5. The van der Waals surface area contributed by atoms with E-state index in [-0.39, 0.29) is 6.42 Å². The van der Waals surface area contributed by atoms with Crippen LogP contribution in [0.1, 0.15) is 19.8 Å². The second kappa shape index (κ2) is 8.01. The highest BCUT2D eigenvalue weighted by molar-refractivity contribution is 5.66. The van der Waals surface area contributed by atoms with E-state index in [4.69, 9.17) is 9.84 Å². The van der Waals surface area contributed by atoms with Crippen LogP contribution in [-0.2, 0) is 9.53 Å². The first kappa shape index (κ1) is 12.4. The summed E-state index contributed by atoms with van der Waals surface area (Å²) in [7, 11) is 1.68. The van der Waals surface area contributed by atoms with Crippen molar-refractivity contribution >= 4 is 5.97 Å². The molecule has 0 aliphatic heterocycles. The Morgan fingerprint density at radius 3 is 2.85 bits per heavy atom. The molecule has 13 heavy (non-hydrogen) atoms. The van der Waals surface area contributed by atoms with Crippen molar-refractivity contribution in [2.45, 2.75) is 19.8 Å². The van der Waals surface area contributed by atoms with Gasteiger partial charge in [0.15, 0.2) is 0 Å². The third-order valence-corrected chi connectivity index (χ3v) is 1.69. The summed E-state index contributed by atoms with van der Waals surface area (Å²) < 4.78 is 4.96. The van der Waals surface area contributed by atoms with Gasteiger partial charge in [0, 0.05) is 20.1 Å². The van der Waals surface area contributed by atoms with Crippen LogP contribution < -0.4 is 5.32 Å². The molecule has 0 amide bonds. The molecule has 0 aromatic heterocycles. The Morgan fingerprint density at radius 1 is 1.62 bits per heavy atom. The van der Waals surface area contributed by atoms with Crippen LogP contribution in [0.15, 0.2) is 0 Å². The summed E-state index contributed by atoms with van der Waals surface area (Å²) in [6.45, 7) is 4.48. The van der Waals surface area contributed by atoms with Gasteiger partial charge >= 0.3 is 5.97 Å². The van der Waals surface area contributed by atoms with Gasteiger partial charge in [0.25, 0.3) is 0 Å². The van der Waals surface area contributed by atoms with Crippen LogP contribution in [0.3, 0.4) is 0 Å². The lowest BCUT2D eigenvalue weighted by atomic mass is 10.2. The third kappa shape index (κ3) is 9.30. The number of aliphatic carboxylic acids is 1. The molecule has 0 fully saturated rings. The molecule has 78 valence electrons. The zero-order chi connectivity index (χ0) is 10.1. The highest BCUT2D eigenvalue weighted by atomic mass is 16.5. The number of ether oxygens (including phenoxy) is 1. The monoisotopic (exact) mass is 189 g/mol. The van der Waals surface area contributed by atoms with E-state index in [1.807, 2.05) is 0 Å². The van der Waals surface area contributed by atoms with E-state index in [9.17, 15) is 4.79 Å². The largest absolute Gasteiger partial charge is 0.481 e. The van der Waals surface area contributed by atoms with Gasteiger partial charge in [0.1, 0.15) is 0 Å². The SMILES string of the molecule is COCC(C)CNCCCC(=O)O. The van der Waals surface area contributed by atoms with Crippen molar-refractivity contribution in [1.29, 1.82) is 0 Å². The second-order valence-electron chi connectivity index (χ2n) is 3.26. The second-order valence-corrected chi connectivity index (χ2v) is 3.26. The average Bonchev–Trinajstić information content (AvgIpc) is 2.03. The fourth-order valence-corrected chi connectivity index (χ4v) is 1.06. The first-order chi connectivity index (χ1) is 6.16. The molecule has 1 unspecified atom stereocenters. The summed E-state index contributed by atoms with van der Waals surface area (Å²) in [5.74, 6) is -0.249. The van der Waals surface area contributed by atoms with Crippen molar-refractivity contribution in [3.63, 3.8) is 0 Å². The van der Waals surface area contributed by atoms with Gasteiger partial charge < -0.3 is 15.2 Å². The lowest BCUT2D eigenvalue weighted by Gasteiger charge is -2.10. The standard InChI is InChI=1S/C9H19NO3/c1-8(7-13-2)6-10-5-3-4-9(11)12/h8,10H,3-7H2,1-2H3,(H,11,12). The number of hydrogen-bond donors (Lipinski definition) is 2. The molecule has 0 aliphatic rings. The molecule has 2 N–H and O–H groups in total. The van der Waals surface area contributed by atoms with Crippen molar-refractivity contribution in [2.24, 2.45) is 5.92 Å². The van der Waals surface area contributed by atoms with E-state index in [0.717, 1.165) is 19.7 Å². The third-order valence-electron chi connectivity index (χ3n) is 1.69. The Balaban J connectivity index is 3.11. The molecule has 0 aromatic carbocycles. The molecule has 0 rings (SSSR count). The van der Waals surface area contributed by atoms with Crippen molar-refractivity contribution in [1.82, 2.24) is 5.32 Å². The average molecular weight is 189 g/mol. The Morgan fingerprint density at radius 2 is 2.31 bits per heavy atom. The minimum Gasteiger partial charge on any atom is -0.481 e. The number of carbonyl (C=O) groups is 1. The van der Waals surface area contributed by atoms with Crippen molar-refractivity contribution in [2.75, 3.05) is 26.8 Å². The molecule has 0 bridgehead atoms. The van der Waals surface area contributed by atoms with Crippen LogP contribution in [0.2, 0.25) is 0 Å². The van der Waals surface area contributed by atoms with Crippen molar-refractivity contribution in [3.8, 4) is 0 Å². The fourth-order valence-electron chi connectivity index (χ4n) is 1.06. The Labute approximate surface area is 79.3 Å². The molecule has 1 atom stereocenters. The quantitative estimate of drug-likeness (QED) is 0.552. The summed E-state index contributed by atoms with van der Waals surface area (Å²) in [6.07, 6.45) is 0.931. The van der Waals surface area contributed by atoms with E-state index in [2.05, 4.69) is 12.2 Å². The van der Waals surface area contributed by atoms with Crippen LogP contribution in [0.5, 0.6) is 0 Å². The lowest BCUT2D eigenvalue weighted by Crippen LogP contribution is -2.25. The fraction of sp³-hybridized carbons (Fsp3) is 0.889. The zero-order valence-corrected chi connectivity index (χ0v) is 8.38. The number of methoxy groups -OCH3 is 1. The van der Waals surface area contributed by atoms with E-state index >= 15 is 0 Å². The van der Waals surface area contributed by atoms with Gasteiger partial charge in [-0.05, 0) is 25.4 Å². The minimum absolute atomic E-state index is 0.242. The molecule has 4 heteroatoms. The van der Waals surface area contributed by atoms with Crippen molar-refractivity contribution in [3.05, 3.63) is 0 Å². The Bertz CT molecular complexity index is 139. The van der Waals surface area contributed by atoms with Gasteiger partial charge in [-0.2, -0.15) is 0 Å². The maximum absolute atomic E-state index is 10.2. The van der Waals surface area contributed by atoms with Crippen LogP contribution >= 0.6 is 0 Å². The van der Waals surface area contributed by atoms with E-state index in [1.54, 1.807) is 7.11 Å². The van der Waals surface area contributed by atoms with Gasteiger partial charge in [0.2, 0.25) is 0 Å². The van der Waals surface area contributed by atoms with Crippen LogP contribution in [0.4, 0.5) is 0 Å². The lowest BCUT2D eigenvalue weighted by molar-refractivity contribution is -0.137. The van der Waals surface area contributed by atoms with Crippen LogP contribution in [0, 0.1) is 5.92 Å². The Hall–Kier alpha value is -0.610. The maximum atomic E-state index is 10.2. The highest BCUT2D eigenvalue weighted by Gasteiger charge is 2.00. The number of hydrogen-bond acceptors (Lipinski definition) is 3. The summed E-state index contributed by atoms with van der Waals surface area (Å²) >= 11 is 0. The smallest absolute Gasteiger partial charge is 0.303 e. The number of nitrogens with one attached hydrogen (secondary N) is 1. The molecule has 0 saturated heterocycles. The van der Waals surface area contributed by atoms with E-state index in [0.29, 0.717) is 12.3 Å². The number of carboxylic acids is 1. The number of rotatable bonds is 8. The van der Waals surface area contributed by atoms with E-state index in [1.165, 1.54) is 0 Å². The topological polar surface area (TPSA) is 58.6 Å². The van der Waals surface area contributed by atoms with Crippen LogP contribution in [-0.4, -0.2) is 37.9 Å². The molecule has 4 nitrogen and oxygen atoms in total. The summed E-state index contributed by atoms with van der Waals surface area (Å²) in [5.41, 5.74) is 0. The molecule has 0 saturated carbocycles. The zero-order valence-electron chi connectivity index (χ0n) is 8.38. The van der Waals surface area contributed by atoms with Crippen LogP contribution in [0.25, 0.3) is 0 Å². The van der Waals surface area contributed by atoms with E-state index < -0.39 is 5.97 Å². The van der Waals surface area contributed by atoms with Gasteiger partial charge in [-0.1, -0.05) is 6.92 Å². The first-order valence-corrected chi connectivity index (χ1v) is 4.58. The van der Waals surface area contributed by atoms with Crippen molar-refractivity contribution < 1.29 is 14.6 Å². The normalized spacial score (nSPS) is 12.8. The van der Waals surface area contributed by atoms with Gasteiger partial charge in [-0.3, -0.25) is 4.79 Å². The number of carboxylic acid groups (broad SMARTS) is 1. The highest BCUT2D eigenvalue weighted by Crippen LogP contribution is 1.92. The van der Waals surface area contributed by atoms with Gasteiger partial charge in [-0.15, -0.1) is 0 Å². The molecular formula is C9H19NO3. The first-order valence-electron chi connectivity index (χ1n) is 4.58.